The quantitative estimate of drug-likeness (QED) is 0.749. The zero-order valence-electron chi connectivity index (χ0n) is 8.66. The standard InChI is InChI=1S/C10H18N4/c1-2-11-9(6-8-4-3-5-8)10-12-7-13-14-10/h7-9,11H,2-6H2,1H3,(H,12,13,14). The summed E-state index contributed by atoms with van der Waals surface area (Å²) in [4.78, 5) is 4.22. The lowest BCUT2D eigenvalue weighted by Gasteiger charge is -2.29. The van der Waals surface area contributed by atoms with Gasteiger partial charge in [-0.3, -0.25) is 5.10 Å². The molecule has 2 rings (SSSR count). The van der Waals surface area contributed by atoms with Crippen LogP contribution in [0.3, 0.4) is 0 Å². The first-order valence-electron chi connectivity index (χ1n) is 5.48. The van der Waals surface area contributed by atoms with Crippen LogP contribution in [0.15, 0.2) is 6.33 Å². The average Bonchev–Trinajstić information content (AvgIpc) is 2.61. The Balaban J connectivity index is 1.92. The minimum absolute atomic E-state index is 0.368. The highest BCUT2D eigenvalue weighted by atomic mass is 15.2. The zero-order chi connectivity index (χ0) is 9.80. The molecule has 1 saturated carbocycles. The molecule has 1 aliphatic rings. The van der Waals surface area contributed by atoms with Gasteiger partial charge in [0.15, 0.2) is 0 Å². The number of rotatable bonds is 5. The Hall–Kier alpha value is -0.900. The summed E-state index contributed by atoms with van der Waals surface area (Å²) < 4.78 is 0. The molecule has 0 saturated heterocycles. The van der Waals surface area contributed by atoms with Gasteiger partial charge in [-0.2, -0.15) is 5.10 Å². The molecular weight excluding hydrogens is 176 g/mol. The number of aromatic amines is 1. The van der Waals surface area contributed by atoms with Gasteiger partial charge in [0.25, 0.3) is 0 Å². The number of nitrogens with zero attached hydrogens (tertiary/aromatic N) is 2. The van der Waals surface area contributed by atoms with Crippen molar-refractivity contribution in [2.24, 2.45) is 5.92 Å². The Kier molecular flexibility index (Phi) is 3.14. The first-order chi connectivity index (χ1) is 6.90. The first kappa shape index (κ1) is 9.65. The van der Waals surface area contributed by atoms with Crippen molar-refractivity contribution in [3.8, 4) is 0 Å². The number of nitrogens with one attached hydrogen (secondary N) is 2. The number of H-pyrrole nitrogens is 1. The summed E-state index contributed by atoms with van der Waals surface area (Å²) in [5.74, 6) is 1.88. The molecule has 1 heterocycles. The van der Waals surface area contributed by atoms with Gasteiger partial charge in [-0.25, -0.2) is 4.98 Å². The normalized spacial score (nSPS) is 19.2. The van der Waals surface area contributed by atoms with Crippen LogP contribution in [-0.2, 0) is 0 Å². The third-order valence-electron chi connectivity index (χ3n) is 3.01. The van der Waals surface area contributed by atoms with Crippen LogP contribution in [-0.4, -0.2) is 21.7 Å². The molecule has 1 fully saturated rings. The number of aromatic nitrogens is 3. The smallest absolute Gasteiger partial charge is 0.141 e. The monoisotopic (exact) mass is 194 g/mol. The van der Waals surface area contributed by atoms with Crippen LogP contribution in [0.5, 0.6) is 0 Å². The van der Waals surface area contributed by atoms with Gasteiger partial charge in [0.05, 0.1) is 6.04 Å². The van der Waals surface area contributed by atoms with Crippen molar-refractivity contribution >= 4 is 0 Å². The van der Waals surface area contributed by atoms with Crippen LogP contribution in [0.4, 0.5) is 0 Å². The van der Waals surface area contributed by atoms with E-state index in [1.54, 1.807) is 6.33 Å². The number of hydrogen-bond donors (Lipinski definition) is 2. The van der Waals surface area contributed by atoms with Gasteiger partial charge in [-0.1, -0.05) is 26.2 Å². The Morgan fingerprint density at radius 3 is 3.00 bits per heavy atom. The minimum atomic E-state index is 0.368. The van der Waals surface area contributed by atoms with Gasteiger partial charge in [0.1, 0.15) is 12.2 Å². The van der Waals surface area contributed by atoms with E-state index in [2.05, 4.69) is 27.4 Å². The molecule has 0 spiro atoms. The maximum Gasteiger partial charge on any atom is 0.141 e. The van der Waals surface area contributed by atoms with Crippen LogP contribution in [0.2, 0.25) is 0 Å². The summed E-state index contributed by atoms with van der Waals surface area (Å²) in [5, 5.41) is 10.3. The van der Waals surface area contributed by atoms with Crippen molar-refractivity contribution in [2.75, 3.05) is 6.54 Å². The van der Waals surface area contributed by atoms with Crippen molar-refractivity contribution in [1.29, 1.82) is 0 Å². The number of hydrogen-bond acceptors (Lipinski definition) is 3. The van der Waals surface area contributed by atoms with Gasteiger partial charge in [0.2, 0.25) is 0 Å². The fourth-order valence-corrected chi connectivity index (χ4v) is 1.98. The summed E-state index contributed by atoms with van der Waals surface area (Å²) >= 11 is 0. The fraction of sp³-hybridized carbons (Fsp3) is 0.800. The summed E-state index contributed by atoms with van der Waals surface area (Å²) in [6.45, 7) is 3.11. The largest absolute Gasteiger partial charge is 0.308 e. The maximum atomic E-state index is 4.22. The molecule has 1 aromatic heterocycles. The van der Waals surface area contributed by atoms with Crippen LogP contribution in [0, 0.1) is 5.92 Å². The lowest BCUT2D eigenvalue weighted by atomic mass is 9.81. The van der Waals surface area contributed by atoms with Crippen molar-refractivity contribution < 1.29 is 0 Å². The Morgan fingerprint density at radius 2 is 2.50 bits per heavy atom. The van der Waals surface area contributed by atoms with Gasteiger partial charge in [-0.15, -0.1) is 0 Å². The van der Waals surface area contributed by atoms with Crippen LogP contribution in [0.25, 0.3) is 0 Å². The highest BCUT2D eigenvalue weighted by Crippen LogP contribution is 2.33. The molecule has 0 bridgehead atoms. The van der Waals surface area contributed by atoms with E-state index >= 15 is 0 Å². The van der Waals surface area contributed by atoms with Crippen LogP contribution in [0.1, 0.15) is 44.5 Å². The van der Waals surface area contributed by atoms with Gasteiger partial charge < -0.3 is 5.32 Å². The molecule has 4 nitrogen and oxygen atoms in total. The average molecular weight is 194 g/mol. The third kappa shape index (κ3) is 2.12. The molecular formula is C10H18N4. The van der Waals surface area contributed by atoms with E-state index in [4.69, 9.17) is 0 Å². The summed E-state index contributed by atoms with van der Waals surface area (Å²) in [5.41, 5.74) is 0. The van der Waals surface area contributed by atoms with Crippen molar-refractivity contribution in [2.45, 2.75) is 38.6 Å². The molecule has 2 N–H and O–H groups in total. The zero-order valence-corrected chi connectivity index (χ0v) is 8.66. The lowest BCUT2D eigenvalue weighted by Crippen LogP contribution is -2.26. The van der Waals surface area contributed by atoms with E-state index in [9.17, 15) is 0 Å². The molecule has 1 aliphatic carbocycles. The highest BCUT2D eigenvalue weighted by Gasteiger charge is 2.23. The second-order valence-corrected chi connectivity index (χ2v) is 4.01. The molecule has 1 unspecified atom stereocenters. The molecule has 0 amide bonds. The lowest BCUT2D eigenvalue weighted by molar-refractivity contribution is 0.258. The highest BCUT2D eigenvalue weighted by molar-refractivity contribution is 4.93. The SMILES string of the molecule is CCNC(CC1CCC1)c1ncn[nH]1. The second kappa shape index (κ2) is 4.55. The Labute approximate surface area is 84.5 Å². The van der Waals surface area contributed by atoms with E-state index in [-0.39, 0.29) is 0 Å². The maximum absolute atomic E-state index is 4.22. The van der Waals surface area contributed by atoms with E-state index in [1.165, 1.54) is 25.7 Å². The Bertz CT molecular complexity index is 253. The van der Waals surface area contributed by atoms with Crippen LogP contribution >= 0.6 is 0 Å². The van der Waals surface area contributed by atoms with Crippen molar-refractivity contribution in [3.63, 3.8) is 0 Å². The third-order valence-corrected chi connectivity index (χ3v) is 3.01. The fourth-order valence-electron chi connectivity index (χ4n) is 1.98. The molecule has 14 heavy (non-hydrogen) atoms. The van der Waals surface area contributed by atoms with E-state index < -0.39 is 0 Å². The van der Waals surface area contributed by atoms with Crippen molar-refractivity contribution in [3.05, 3.63) is 12.2 Å². The summed E-state index contributed by atoms with van der Waals surface area (Å²) in [6, 6.07) is 0.368. The molecule has 4 heteroatoms. The van der Waals surface area contributed by atoms with Gasteiger partial charge >= 0.3 is 0 Å². The predicted molar refractivity (Wildman–Crippen MR) is 54.8 cm³/mol. The molecule has 0 aliphatic heterocycles. The van der Waals surface area contributed by atoms with Crippen LogP contribution < -0.4 is 5.32 Å². The molecule has 0 radical (unpaired) electrons. The summed E-state index contributed by atoms with van der Waals surface area (Å²) in [7, 11) is 0. The van der Waals surface area contributed by atoms with E-state index in [0.717, 1.165) is 18.3 Å². The molecule has 78 valence electrons. The van der Waals surface area contributed by atoms with Gasteiger partial charge in [0, 0.05) is 0 Å². The second-order valence-electron chi connectivity index (χ2n) is 4.01. The minimum Gasteiger partial charge on any atom is -0.308 e. The summed E-state index contributed by atoms with van der Waals surface area (Å²) in [6.07, 6.45) is 6.95. The predicted octanol–water partition coefficient (Wildman–Crippen LogP) is 1.65. The first-order valence-corrected chi connectivity index (χ1v) is 5.48. The van der Waals surface area contributed by atoms with Crippen molar-refractivity contribution in [1.82, 2.24) is 20.5 Å². The van der Waals surface area contributed by atoms with E-state index in [1.807, 2.05) is 0 Å². The Morgan fingerprint density at radius 1 is 1.64 bits per heavy atom. The molecule has 1 atom stereocenters. The van der Waals surface area contributed by atoms with E-state index in [0.29, 0.717) is 6.04 Å². The molecule has 1 aromatic rings. The molecule has 0 aromatic carbocycles. The topological polar surface area (TPSA) is 53.6 Å². The van der Waals surface area contributed by atoms with Gasteiger partial charge in [-0.05, 0) is 18.9 Å².